The molecule has 0 saturated carbocycles. The summed E-state index contributed by atoms with van der Waals surface area (Å²) in [5.74, 6) is 0.446. The first-order valence-electron chi connectivity index (χ1n) is 11.5. The molecule has 0 amide bonds. The van der Waals surface area contributed by atoms with Crippen molar-refractivity contribution in [2.75, 3.05) is 0 Å². The number of Topliss-reactive ketones (excluding diaryl/α,β-unsaturated/α-hetero) is 1. The van der Waals surface area contributed by atoms with Crippen LogP contribution in [-0.2, 0) is 15.6 Å². The molecule has 2 nitrogen and oxygen atoms in total. The van der Waals surface area contributed by atoms with Crippen LogP contribution in [0.3, 0.4) is 0 Å². The number of aromatic hydroxyl groups is 1. The summed E-state index contributed by atoms with van der Waals surface area (Å²) < 4.78 is 0. The van der Waals surface area contributed by atoms with Gasteiger partial charge in [0, 0.05) is 22.6 Å². The van der Waals surface area contributed by atoms with Crippen molar-refractivity contribution in [3.8, 4) is 5.75 Å². The normalized spacial score (nSPS) is 19.1. The Labute approximate surface area is 190 Å². The van der Waals surface area contributed by atoms with E-state index in [4.69, 9.17) is 0 Å². The SMILES string of the molecule is CC1=CC(C(C)(C)C)C(c2cc(C(C)(C)C)cc(C(C)(C)C)c2O)=C(C(C)(C)C)C1=O. The van der Waals surface area contributed by atoms with E-state index in [2.05, 4.69) is 101 Å². The molecule has 0 bridgehead atoms. The van der Waals surface area contributed by atoms with Crippen molar-refractivity contribution < 1.29 is 9.90 Å². The van der Waals surface area contributed by atoms with E-state index in [1.54, 1.807) is 0 Å². The molecule has 1 aromatic carbocycles. The summed E-state index contributed by atoms with van der Waals surface area (Å²) in [6.07, 6.45) is 2.12. The van der Waals surface area contributed by atoms with Crippen molar-refractivity contribution in [2.45, 2.75) is 101 Å². The first-order chi connectivity index (χ1) is 13.7. The second kappa shape index (κ2) is 7.64. The van der Waals surface area contributed by atoms with Gasteiger partial charge in [-0.15, -0.1) is 0 Å². The van der Waals surface area contributed by atoms with Crippen LogP contribution in [-0.4, -0.2) is 10.9 Å². The van der Waals surface area contributed by atoms with E-state index in [-0.39, 0.29) is 33.4 Å². The highest BCUT2D eigenvalue weighted by molar-refractivity contribution is 6.15. The van der Waals surface area contributed by atoms with Crippen molar-refractivity contribution in [1.29, 1.82) is 0 Å². The molecular weight excluding hydrogens is 380 g/mol. The van der Waals surface area contributed by atoms with Gasteiger partial charge in [-0.25, -0.2) is 0 Å². The lowest BCUT2D eigenvalue weighted by Gasteiger charge is -2.40. The van der Waals surface area contributed by atoms with Crippen molar-refractivity contribution in [3.63, 3.8) is 0 Å². The summed E-state index contributed by atoms with van der Waals surface area (Å²) >= 11 is 0. The van der Waals surface area contributed by atoms with Crippen LogP contribution in [0.4, 0.5) is 0 Å². The number of allylic oxidation sites excluding steroid dienone is 4. The standard InChI is InChI=1S/C29H44O2/c1-17-14-20(27(5,6)7)22(23(24(17)30)29(11,12)13)19-15-18(26(2,3)4)16-21(25(19)31)28(8,9)10/h14-16,20,31H,1-13H3. The Bertz CT molecular complexity index is 943. The number of hydrogen-bond donors (Lipinski definition) is 1. The van der Waals surface area contributed by atoms with Gasteiger partial charge in [0.05, 0.1) is 0 Å². The molecule has 0 fully saturated rings. The quantitative estimate of drug-likeness (QED) is 0.496. The van der Waals surface area contributed by atoms with Gasteiger partial charge in [-0.1, -0.05) is 95.2 Å². The molecule has 31 heavy (non-hydrogen) atoms. The van der Waals surface area contributed by atoms with Gasteiger partial charge < -0.3 is 5.11 Å². The Balaban J connectivity index is 3.11. The number of phenols is 1. The molecule has 2 rings (SSSR count). The second-order valence-corrected chi connectivity index (χ2v) is 13.5. The predicted octanol–water partition coefficient (Wildman–Crippen LogP) is 7.98. The highest BCUT2D eigenvalue weighted by atomic mass is 16.3. The molecule has 0 aliphatic heterocycles. The number of rotatable bonds is 1. The first-order valence-corrected chi connectivity index (χ1v) is 11.5. The van der Waals surface area contributed by atoms with E-state index in [0.717, 1.165) is 27.8 Å². The van der Waals surface area contributed by atoms with E-state index in [0.29, 0.717) is 5.75 Å². The number of hydrogen-bond acceptors (Lipinski definition) is 2. The average Bonchev–Trinajstić information content (AvgIpc) is 2.52. The highest BCUT2D eigenvalue weighted by Crippen LogP contribution is 2.52. The topological polar surface area (TPSA) is 37.3 Å². The lowest BCUT2D eigenvalue weighted by molar-refractivity contribution is -0.113. The van der Waals surface area contributed by atoms with Gasteiger partial charge in [0.15, 0.2) is 5.78 Å². The summed E-state index contributed by atoms with van der Waals surface area (Å²) in [5, 5.41) is 11.6. The van der Waals surface area contributed by atoms with Crippen LogP contribution in [0.1, 0.15) is 107 Å². The minimum Gasteiger partial charge on any atom is -0.507 e. The smallest absolute Gasteiger partial charge is 0.185 e. The van der Waals surface area contributed by atoms with E-state index >= 15 is 0 Å². The van der Waals surface area contributed by atoms with Gasteiger partial charge in [0.2, 0.25) is 0 Å². The minimum atomic E-state index is -0.336. The van der Waals surface area contributed by atoms with E-state index in [1.165, 1.54) is 5.56 Å². The molecule has 0 aromatic heterocycles. The third-order valence-electron chi connectivity index (χ3n) is 6.34. The third kappa shape index (κ3) is 4.99. The largest absolute Gasteiger partial charge is 0.507 e. The van der Waals surface area contributed by atoms with Gasteiger partial charge in [0.1, 0.15) is 5.75 Å². The van der Waals surface area contributed by atoms with Gasteiger partial charge in [0.25, 0.3) is 0 Å². The van der Waals surface area contributed by atoms with Crippen molar-refractivity contribution >= 4 is 11.4 Å². The Morgan fingerprint density at radius 1 is 0.774 bits per heavy atom. The average molecular weight is 425 g/mol. The van der Waals surface area contributed by atoms with Crippen LogP contribution in [0.15, 0.2) is 29.4 Å². The maximum absolute atomic E-state index is 13.5. The summed E-state index contributed by atoms with van der Waals surface area (Å²) in [7, 11) is 0. The fourth-order valence-electron chi connectivity index (χ4n) is 4.46. The summed E-state index contributed by atoms with van der Waals surface area (Å²) in [6.45, 7) is 27.9. The number of benzene rings is 1. The molecule has 1 N–H and O–H groups in total. The highest BCUT2D eigenvalue weighted by Gasteiger charge is 2.41. The van der Waals surface area contributed by atoms with Crippen LogP contribution in [0.2, 0.25) is 0 Å². The van der Waals surface area contributed by atoms with Crippen molar-refractivity contribution in [3.05, 3.63) is 46.0 Å². The van der Waals surface area contributed by atoms with Crippen LogP contribution in [0.25, 0.3) is 5.57 Å². The zero-order valence-electron chi connectivity index (χ0n) is 22.2. The van der Waals surface area contributed by atoms with Crippen molar-refractivity contribution in [1.82, 2.24) is 0 Å². The van der Waals surface area contributed by atoms with E-state index < -0.39 is 0 Å². The molecule has 1 atom stereocenters. The predicted molar refractivity (Wildman–Crippen MR) is 134 cm³/mol. The molecule has 0 saturated heterocycles. The van der Waals surface area contributed by atoms with Crippen LogP contribution >= 0.6 is 0 Å². The molecule has 172 valence electrons. The van der Waals surface area contributed by atoms with Crippen LogP contribution in [0, 0.1) is 16.7 Å². The number of carbonyl (C=O) groups is 1. The van der Waals surface area contributed by atoms with Crippen molar-refractivity contribution in [2.24, 2.45) is 16.7 Å². The number of carbonyl (C=O) groups excluding carboxylic acids is 1. The fourth-order valence-corrected chi connectivity index (χ4v) is 4.46. The summed E-state index contributed by atoms with van der Waals surface area (Å²) in [5.41, 5.74) is 4.82. The molecule has 0 heterocycles. The zero-order valence-corrected chi connectivity index (χ0v) is 22.2. The Kier molecular flexibility index (Phi) is 6.27. The maximum atomic E-state index is 13.5. The molecule has 0 radical (unpaired) electrons. The zero-order chi connectivity index (χ0) is 24.3. The van der Waals surface area contributed by atoms with Gasteiger partial charge >= 0.3 is 0 Å². The second-order valence-electron chi connectivity index (χ2n) is 13.5. The fraction of sp³-hybridized carbons (Fsp3) is 0.621. The Morgan fingerprint density at radius 2 is 1.29 bits per heavy atom. The first kappa shape index (κ1) is 25.4. The lowest BCUT2D eigenvalue weighted by atomic mass is 9.63. The van der Waals surface area contributed by atoms with E-state index in [1.807, 2.05) is 6.92 Å². The molecular formula is C29H44O2. The van der Waals surface area contributed by atoms with Crippen LogP contribution in [0.5, 0.6) is 5.75 Å². The van der Waals surface area contributed by atoms with Gasteiger partial charge in [-0.3, -0.25) is 4.79 Å². The lowest BCUT2D eigenvalue weighted by Crippen LogP contribution is -2.32. The minimum absolute atomic E-state index is 0.0355. The maximum Gasteiger partial charge on any atom is 0.185 e. The monoisotopic (exact) mass is 424 g/mol. The molecule has 1 aliphatic rings. The Hall–Kier alpha value is -1.83. The number of ketones is 1. The summed E-state index contributed by atoms with van der Waals surface area (Å²) in [4.78, 5) is 13.5. The van der Waals surface area contributed by atoms with Gasteiger partial charge in [-0.05, 0) is 51.4 Å². The molecule has 1 aliphatic carbocycles. The number of phenolic OH excluding ortho intramolecular Hbond substituents is 1. The van der Waals surface area contributed by atoms with E-state index in [9.17, 15) is 9.90 Å². The molecule has 2 heteroatoms. The molecule has 1 unspecified atom stereocenters. The Morgan fingerprint density at radius 3 is 1.68 bits per heavy atom. The third-order valence-corrected chi connectivity index (χ3v) is 6.34. The molecule has 0 spiro atoms. The van der Waals surface area contributed by atoms with Gasteiger partial charge in [-0.2, -0.15) is 0 Å². The van der Waals surface area contributed by atoms with Crippen LogP contribution < -0.4 is 0 Å². The molecule has 1 aromatic rings. The summed E-state index contributed by atoms with van der Waals surface area (Å²) in [6, 6.07) is 4.28.